The normalized spacial score (nSPS) is 11.7. The summed E-state index contributed by atoms with van der Waals surface area (Å²) >= 11 is 0. The van der Waals surface area contributed by atoms with Crippen LogP contribution in [0.5, 0.6) is 5.75 Å². The van der Waals surface area contributed by atoms with Crippen molar-refractivity contribution in [1.29, 1.82) is 0 Å². The Hall–Kier alpha value is -2.69. The Balaban J connectivity index is 1.90. The van der Waals surface area contributed by atoms with E-state index in [9.17, 15) is 14.0 Å². The van der Waals surface area contributed by atoms with Crippen LogP contribution in [0.1, 0.15) is 52.9 Å². The van der Waals surface area contributed by atoms with Crippen LogP contribution in [0.15, 0.2) is 36.4 Å². The number of ketones is 1. The third-order valence-electron chi connectivity index (χ3n) is 4.46. The summed E-state index contributed by atoms with van der Waals surface area (Å²) in [4.78, 5) is 24.3. The number of aryl methyl sites for hydroxylation is 2. The Morgan fingerprint density at radius 2 is 1.81 bits per heavy atom. The van der Waals surface area contributed by atoms with E-state index in [2.05, 4.69) is 5.32 Å². The number of benzene rings is 2. The summed E-state index contributed by atoms with van der Waals surface area (Å²) in [5, 5.41) is 2.79. The molecule has 0 aromatic heterocycles. The molecule has 2 aromatic rings. The number of nitrogens with one attached hydrogen (secondary N) is 1. The van der Waals surface area contributed by atoms with E-state index in [1.54, 1.807) is 19.1 Å². The fourth-order valence-corrected chi connectivity index (χ4v) is 2.64. The van der Waals surface area contributed by atoms with Crippen LogP contribution in [0.2, 0.25) is 0 Å². The number of carbonyl (C=O) groups is 2. The zero-order valence-corrected chi connectivity index (χ0v) is 15.6. The molecule has 0 unspecified atom stereocenters. The van der Waals surface area contributed by atoms with E-state index in [1.165, 1.54) is 19.2 Å². The highest BCUT2D eigenvalue weighted by Gasteiger charge is 2.14. The summed E-state index contributed by atoms with van der Waals surface area (Å²) < 4.78 is 18.7. The van der Waals surface area contributed by atoms with Crippen LogP contribution in [0.3, 0.4) is 0 Å². The van der Waals surface area contributed by atoms with Gasteiger partial charge in [-0.15, -0.1) is 0 Å². The molecule has 0 aliphatic rings. The first kappa shape index (κ1) is 19.6. The fourth-order valence-electron chi connectivity index (χ4n) is 2.64. The minimum absolute atomic E-state index is 0.0635. The van der Waals surface area contributed by atoms with E-state index in [1.807, 2.05) is 26.0 Å². The molecule has 0 aliphatic heterocycles. The number of amides is 1. The molecule has 2 aromatic carbocycles. The topological polar surface area (TPSA) is 55.4 Å². The van der Waals surface area contributed by atoms with Crippen molar-refractivity contribution in [2.24, 2.45) is 0 Å². The van der Waals surface area contributed by atoms with Gasteiger partial charge in [0.15, 0.2) is 17.3 Å². The average Bonchev–Trinajstić information content (AvgIpc) is 2.61. The molecule has 0 fully saturated rings. The zero-order chi connectivity index (χ0) is 19.3. The molecule has 4 nitrogen and oxygen atoms in total. The van der Waals surface area contributed by atoms with Gasteiger partial charge < -0.3 is 10.1 Å². The second-order valence-electron chi connectivity index (χ2n) is 6.41. The van der Waals surface area contributed by atoms with Gasteiger partial charge in [-0.05, 0) is 55.7 Å². The predicted molar refractivity (Wildman–Crippen MR) is 99.0 cm³/mol. The lowest BCUT2D eigenvalue weighted by Crippen LogP contribution is -2.27. The van der Waals surface area contributed by atoms with Gasteiger partial charge in [0.05, 0.1) is 13.2 Å². The first-order valence-electron chi connectivity index (χ1n) is 8.55. The highest BCUT2D eigenvalue weighted by molar-refractivity contribution is 5.98. The van der Waals surface area contributed by atoms with Gasteiger partial charge >= 0.3 is 0 Å². The van der Waals surface area contributed by atoms with Crippen molar-refractivity contribution in [2.45, 2.75) is 39.7 Å². The molecule has 0 bridgehead atoms. The second kappa shape index (κ2) is 8.61. The number of ether oxygens (including phenoxy) is 1. The number of halogens is 1. The van der Waals surface area contributed by atoms with Crippen LogP contribution >= 0.6 is 0 Å². The lowest BCUT2D eigenvalue weighted by atomic mass is 10.0. The van der Waals surface area contributed by atoms with E-state index < -0.39 is 5.82 Å². The van der Waals surface area contributed by atoms with Crippen molar-refractivity contribution in [3.8, 4) is 5.75 Å². The smallest absolute Gasteiger partial charge is 0.220 e. The summed E-state index contributed by atoms with van der Waals surface area (Å²) in [6.07, 6.45) is 0.229. The van der Waals surface area contributed by atoms with Crippen LogP contribution in [0, 0.1) is 19.7 Å². The first-order chi connectivity index (χ1) is 12.3. The summed E-state index contributed by atoms with van der Waals surface area (Å²) in [6, 6.07) is 9.74. The van der Waals surface area contributed by atoms with E-state index >= 15 is 0 Å². The van der Waals surface area contributed by atoms with Gasteiger partial charge in [0.2, 0.25) is 5.91 Å². The Bertz CT molecular complexity index is 817. The highest BCUT2D eigenvalue weighted by atomic mass is 19.1. The van der Waals surface area contributed by atoms with Gasteiger partial charge in [-0.2, -0.15) is 0 Å². The van der Waals surface area contributed by atoms with Crippen LogP contribution in [-0.2, 0) is 4.79 Å². The summed E-state index contributed by atoms with van der Waals surface area (Å²) in [5.41, 5.74) is 3.43. The van der Waals surface area contributed by atoms with Crippen LogP contribution in [-0.4, -0.2) is 18.8 Å². The van der Waals surface area contributed by atoms with Crippen molar-refractivity contribution in [2.75, 3.05) is 7.11 Å². The Kier molecular flexibility index (Phi) is 6.50. The molecule has 2 rings (SSSR count). The molecule has 0 saturated carbocycles. The molecule has 0 saturated heterocycles. The SMILES string of the molecule is COc1ccc([C@H](C)NC(=O)CCC(=O)c2ccc(C)c(C)c2)cc1F. The maximum absolute atomic E-state index is 13.8. The molecule has 5 heteroatoms. The fraction of sp³-hybridized carbons (Fsp3) is 0.333. The van der Waals surface area contributed by atoms with E-state index in [0.29, 0.717) is 11.1 Å². The molecule has 0 heterocycles. The van der Waals surface area contributed by atoms with Crippen molar-refractivity contribution in [3.63, 3.8) is 0 Å². The number of rotatable bonds is 7. The van der Waals surface area contributed by atoms with Crippen LogP contribution in [0.4, 0.5) is 4.39 Å². The van der Waals surface area contributed by atoms with Crippen LogP contribution < -0.4 is 10.1 Å². The number of hydrogen-bond acceptors (Lipinski definition) is 3. The maximum Gasteiger partial charge on any atom is 0.220 e. The monoisotopic (exact) mass is 357 g/mol. The van der Waals surface area contributed by atoms with Crippen molar-refractivity contribution >= 4 is 11.7 Å². The first-order valence-corrected chi connectivity index (χ1v) is 8.55. The third-order valence-corrected chi connectivity index (χ3v) is 4.46. The van der Waals surface area contributed by atoms with Gasteiger partial charge in [-0.25, -0.2) is 4.39 Å². The molecule has 0 radical (unpaired) electrons. The Morgan fingerprint density at radius 3 is 2.42 bits per heavy atom. The quantitative estimate of drug-likeness (QED) is 0.752. The minimum atomic E-state index is -0.476. The molecule has 1 N–H and O–H groups in total. The second-order valence-corrected chi connectivity index (χ2v) is 6.41. The van der Waals surface area contributed by atoms with E-state index in [-0.39, 0.29) is 36.3 Å². The maximum atomic E-state index is 13.8. The van der Waals surface area contributed by atoms with Crippen molar-refractivity contribution in [3.05, 3.63) is 64.5 Å². The average molecular weight is 357 g/mol. The molecule has 1 amide bonds. The molecular weight excluding hydrogens is 333 g/mol. The largest absolute Gasteiger partial charge is 0.494 e. The van der Waals surface area contributed by atoms with Gasteiger partial charge in [-0.3, -0.25) is 9.59 Å². The number of hydrogen-bond donors (Lipinski definition) is 1. The van der Waals surface area contributed by atoms with E-state index in [4.69, 9.17) is 4.74 Å². The van der Waals surface area contributed by atoms with Crippen molar-refractivity contribution in [1.82, 2.24) is 5.32 Å². The van der Waals surface area contributed by atoms with Gasteiger partial charge in [0.25, 0.3) is 0 Å². The Labute approximate surface area is 153 Å². The summed E-state index contributed by atoms with van der Waals surface area (Å²) in [7, 11) is 1.40. The Morgan fingerprint density at radius 1 is 1.08 bits per heavy atom. The molecular formula is C21H24FNO3. The third kappa shape index (κ3) is 4.91. The van der Waals surface area contributed by atoms with Gasteiger partial charge in [0.1, 0.15) is 0 Å². The predicted octanol–water partition coefficient (Wildman–Crippen LogP) is 4.29. The van der Waals surface area contributed by atoms with Crippen molar-refractivity contribution < 1.29 is 18.7 Å². The zero-order valence-electron chi connectivity index (χ0n) is 15.6. The molecule has 0 aliphatic carbocycles. The van der Waals surface area contributed by atoms with Gasteiger partial charge in [-0.1, -0.05) is 18.2 Å². The number of Topliss-reactive ketones (excluding diaryl/α,β-unsaturated/α-hetero) is 1. The lowest BCUT2D eigenvalue weighted by Gasteiger charge is -2.15. The van der Waals surface area contributed by atoms with Crippen LogP contribution in [0.25, 0.3) is 0 Å². The standard InChI is InChI=1S/C21H24FNO3/c1-13-5-6-17(11-14(13)2)19(24)8-10-21(25)23-15(3)16-7-9-20(26-4)18(22)12-16/h5-7,9,11-12,15H,8,10H2,1-4H3,(H,23,25)/t15-/m0/s1. The number of methoxy groups -OCH3 is 1. The summed E-state index contributed by atoms with van der Waals surface area (Å²) in [6.45, 7) is 5.71. The minimum Gasteiger partial charge on any atom is -0.494 e. The molecule has 138 valence electrons. The molecule has 0 spiro atoms. The van der Waals surface area contributed by atoms with Gasteiger partial charge in [0, 0.05) is 18.4 Å². The number of carbonyl (C=O) groups excluding carboxylic acids is 2. The summed E-state index contributed by atoms with van der Waals surface area (Å²) in [5.74, 6) is -0.625. The molecule has 1 atom stereocenters. The van der Waals surface area contributed by atoms with E-state index in [0.717, 1.165) is 11.1 Å². The highest BCUT2D eigenvalue weighted by Crippen LogP contribution is 2.22. The molecule has 26 heavy (non-hydrogen) atoms. The lowest BCUT2D eigenvalue weighted by molar-refractivity contribution is -0.121.